The predicted molar refractivity (Wildman–Crippen MR) is 81.4 cm³/mol. The summed E-state index contributed by atoms with van der Waals surface area (Å²) in [4.78, 5) is 12.0. The second-order valence-electron chi connectivity index (χ2n) is 4.49. The monoisotopic (exact) mass is 274 g/mol. The minimum absolute atomic E-state index is 0.0334. The van der Waals surface area contributed by atoms with Gasteiger partial charge in [-0.05, 0) is 31.9 Å². The van der Waals surface area contributed by atoms with Gasteiger partial charge in [0.2, 0.25) is 0 Å². The summed E-state index contributed by atoms with van der Waals surface area (Å²) < 4.78 is 5.01. The van der Waals surface area contributed by atoms with E-state index in [2.05, 4.69) is 6.92 Å². The van der Waals surface area contributed by atoms with Crippen molar-refractivity contribution in [3.8, 4) is 0 Å². The number of carbonyl (C=O) groups excluding carboxylic acids is 1. The van der Waals surface area contributed by atoms with Gasteiger partial charge in [0.15, 0.2) is 0 Å². The average molecular weight is 274 g/mol. The van der Waals surface area contributed by atoms with Crippen molar-refractivity contribution < 1.29 is 14.6 Å². The molecule has 1 N–H and O–H groups in total. The molecule has 0 radical (unpaired) electrons. The van der Waals surface area contributed by atoms with Crippen molar-refractivity contribution in [3.63, 3.8) is 0 Å². The third-order valence-electron chi connectivity index (χ3n) is 2.89. The lowest BCUT2D eigenvalue weighted by molar-refractivity contribution is -0.138. The number of hydrogen-bond donors (Lipinski definition) is 1. The van der Waals surface area contributed by atoms with Crippen molar-refractivity contribution in [1.82, 2.24) is 0 Å². The second kappa shape index (κ2) is 8.20. The van der Waals surface area contributed by atoms with Gasteiger partial charge in [0.05, 0.1) is 6.61 Å². The molecule has 0 saturated heterocycles. The van der Waals surface area contributed by atoms with Crippen molar-refractivity contribution in [2.24, 2.45) is 0 Å². The lowest BCUT2D eigenvalue weighted by atomic mass is 10.0. The van der Waals surface area contributed by atoms with Gasteiger partial charge in [0, 0.05) is 5.56 Å². The molecule has 0 aliphatic carbocycles. The number of rotatable bonds is 6. The summed E-state index contributed by atoms with van der Waals surface area (Å²) in [6.07, 6.45) is 5.35. The molecule has 20 heavy (non-hydrogen) atoms. The van der Waals surface area contributed by atoms with Crippen LogP contribution in [0.5, 0.6) is 0 Å². The first-order chi connectivity index (χ1) is 9.61. The molecule has 0 aliphatic heterocycles. The first-order valence-electron chi connectivity index (χ1n) is 6.94. The quantitative estimate of drug-likeness (QED) is 0.366. The molecule has 0 aromatic heterocycles. The summed E-state index contributed by atoms with van der Waals surface area (Å²) in [6.45, 7) is 5.98. The van der Waals surface area contributed by atoms with E-state index in [-0.39, 0.29) is 17.9 Å². The molecule has 1 aromatic rings. The molecule has 0 bridgehead atoms. The topological polar surface area (TPSA) is 46.5 Å². The molecule has 3 heteroatoms. The first kappa shape index (κ1) is 16.0. The standard InChI is InChI=1S/C17H22O3/c1-4-6-7-12-15(17(19)20-5-2)16(18)14-11-9-8-10-13(14)3/h7-12,18H,4-6H2,1-3H3/b12-7+,16-15-. The zero-order valence-electron chi connectivity index (χ0n) is 12.3. The summed E-state index contributed by atoms with van der Waals surface area (Å²) in [7, 11) is 0. The highest BCUT2D eigenvalue weighted by molar-refractivity contribution is 5.99. The van der Waals surface area contributed by atoms with Crippen LogP contribution in [0.3, 0.4) is 0 Å². The fourth-order valence-corrected chi connectivity index (χ4v) is 1.80. The van der Waals surface area contributed by atoms with Crippen molar-refractivity contribution >= 4 is 11.7 Å². The Morgan fingerprint density at radius 3 is 2.60 bits per heavy atom. The molecule has 0 atom stereocenters. The van der Waals surface area contributed by atoms with Crippen molar-refractivity contribution in [2.75, 3.05) is 6.61 Å². The summed E-state index contributed by atoms with van der Waals surface area (Å²) in [5.41, 5.74) is 1.77. The summed E-state index contributed by atoms with van der Waals surface area (Å²) in [5.74, 6) is -0.533. The van der Waals surface area contributed by atoms with E-state index >= 15 is 0 Å². The molecule has 0 aliphatic rings. The molecule has 1 rings (SSSR count). The Labute approximate surface area is 120 Å². The van der Waals surface area contributed by atoms with Gasteiger partial charge < -0.3 is 9.84 Å². The highest BCUT2D eigenvalue weighted by Crippen LogP contribution is 2.21. The maximum atomic E-state index is 12.0. The van der Waals surface area contributed by atoms with Gasteiger partial charge in [-0.2, -0.15) is 0 Å². The normalized spacial score (nSPS) is 12.3. The Morgan fingerprint density at radius 2 is 2.00 bits per heavy atom. The zero-order valence-corrected chi connectivity index (χ0v) is 12.3. The largest absolute Gasteiger partial charge is 0.506 e. The molecule has 0 fully saturated rings. The Balaban J connectivity index is 3.22. The van der Waals surface area contributed by atoms with E-state index in [1.54, 1.807) is 19.1 Å². The molecule has 1 aromatic carbocycles. The van der Waals surface area contributed by atoms with Crippen LogP contribution in [-0.2, 0) is 9.53 Å². The Bertz CT molecular complexity index is 513. The van der Waals surface area contributed by atoms with Gasteiger partial charge in [0.1, 0.15) is 11.3 Å². The van der Waals surface area contributed by atoms with Crippen LogP contribution in [0.2, 0.25) is 0 Å². The van der Waals surface area contributed by atoms with Crippen molar-refractivity contribution in [3.05, 3.63) is 53.1 Å². The molecule has 108 valence electrons. The fraction of sp³-hybridized carbons (Fsp3) is 0.353. The maximum absolute atomic E-state index is 12.0. The van der Waals surface area contributed by atoms with E-state index in [9.17, 15) is 9.90 Å². The minimum Gasteiger partial charge on any atom is -0.506 e. The van der Waals surface area contributed by atoms with E-state index in [1.807, 2.05) is 31.2 Å². The summed E-state index contributed by atoms with van der Waals surface area (Å²) in [5, 5.41) is 10.4. The van der Waals surface area contributed by atoms with Crippen LogP contribution in [-0.4, -0.2) is 17.7 Å². The van der Waals surface area contributed by atoms with Gasteiger partial charge in [-0.1, -0.05) is 43.7 Å². The van der Waals surface area contributed by atoms with E-state index in [0.717, 1.165) is 18.4 Å². The number of esters is 1. The molecular weight excluding hydrogens is 252 g/mol. The SMILES string of the molecule is CCC/C=C/C(C(=O)OCC)=C(/O)c1ccccc1C. The number of carbonyl (C=O) groups is 1. The second-order valence-corrected chi connectivity index (χ2v) is 4.49. The highest BCUT2D eigenvalue weighted by Gasteiger charge is 2.16. The number of allylic oxidation sites excluding steroid dienone is 1. The lowest BCUT2D eigenvalue weighted by Gasteiger charge is -2.09. The van der Waals surface area contributed by atoms with Crippen LogP contribution >= 0.6 is 0 Å². The molecule has 0 heterocycles. The number of unbranched alkanes of at least 4 members (excludes halogenated alkanes) is 1. The molecule has 3 nitrogen and oxygen atoms in total. The van der Waals surface area contributed by atoms with Gasteiger partial charge >= 0.3 is 5.97 Å². The fourth-order valence-electron chi connectivity index (χ4n) is 1.80. The van der Waals surface area contributed by atoms with Crippen LogP contribution in [0.15, 0.2) is 42.0 Å². The van der Waals surface area contributed by atoms with E-state index < -0.39 is 5.97 Å². The van der Waals surface area contributed by atoms with Gasteiger partial charge in [-0.25, -0.2) is 4.79 Å². The van der Waals surface area contributed by atoms with Crippen LogP contribution in [0.4, 0.5) is 0 Å². The van der Waals surface area contributed by atoms with Crippen LogP contribution < -0.4 is 0 Å². The van der Waals surface area contributed by atoms with Gasteiger partial charge in [0.25, 0.3) is 0 Å². The number of hydrogen-bond acceptors (Lipinski definition) is 3. The van der Waals surface area contributed by atoms with Gasteiger partial charge in [-0.3, -0.25) is 0 Å². The number of ether oxygens (including phenoxy) is 1. The van der Waals surface area contributed by atoms with Crippen molar-refractivity contribution in [2.45, 2.75) is 33.6 Å². The molecule has 0 amide bonds. The Morgan fingerprint density at radius 1 is 1.30 bits per heavy atom. The highest BCUT2D eigenvalue weighted by atomic mass is 16.5. The lowest BCUT2D eigenvalue weighted by Crippen LogP contribution is -2.09. The number of aliphatic hydroxyl groups excluding tert-OH is 1. The molecule has 0 saturated carbocycles. The van der Waals surface area contributed by atoms with E-state index in [1.165, 1.54) is 0 Å². The molecular formula is C17H22O3. The number of aliphatic hydroxyl groups is 1. The van der Waals surface area contributed by atoms with E-state index in [0.29, 0.717) is 5.56 Å². The minimum atomic E-state index is -0.499. The number of benzene rings is 1. The summed E-state index contributed by atoms with van der Waals surface area (Å²) in [6, 6.07) is 7.40. The third kappa shape index (κ3) is 4.26. The van der Waals surface area contributed by atoms with Crippen LogP contribution in [0.25, 0.3) is 5.76 Å². The molecule has 0 spiro atoms. The Kier molecular flexibility index (Phi) is 6.57. The van der Waals surface area contributed by atoms with E-state index in [4.69, 9.17) is 4.74 Å². The van der Waals surface area contributed by atoms with Gasteiger partial charge in [-0.15, -0.1) is 0 Å². The first-order valence-corrected chi connectivity index (χ1v) is 6.94. The smallest absolute Gasteiger partial charge is 0.341 e. The average Bonchev–Trinajstić information content (AvgIpc) is 2.44. The number of aryl methyl sites for hydroxylation is 1. The summed E-state index contributed by atoms with van der Waals surface area (Å²) >= 11 is 0. The third-order valence-corrected chi connectivity index (χ3v) is 2.89. The maximum Gasteiger partial charge on any atom is 0.341 e. The molecule has 0 unspecified atom stereocenters. The van der Waals surface area contributed by atoms with Crippen LogP contribution in [0.1, 0.15) is 37.8 Å². The van der Waals surface area contributed by atoms with Crippen molar-refractivity contribution in [1.29, 1.82) is 0 Å². The Hall–Kier alpha value is -2.03. The predicted octanol–water partition coefficient (Wildman–Crippen LogP) is 4.18. The zero-order chi connectivity index (χ0) is 15.0. The van der Waals surface area contributed by atoms with Crippen LogP contribution in [0, 0.1) is 6.92 Å².